The van der Waals surface area contributed by atoms with Crippen LogP contribution >= 0.6 is 11.6 Å². The lowest BCUT2D eigenvalue weighted by Crippen LogP contribution is -2.45. The van der Waals surface area contributed by atoms with Gasteiger partial charge >= 0.3 is 0 Å². The molecule has 3 N–H and O–H groups in total. The summed E-state index contributed by atoms with van der Waals surface area (Å²) in [6.45, 7) is 2.46. The van der Waals surface area contributed by atoms with Crippen molar-refractivity contribution < 1.29 is 9.18 Å². The highest BCUT2D eigenvalue weighted by Crippen LogP contribution is 2.39. The summed E-state index contributed by atoms with van der Waals surface area (Å²) < 4.78 is 13.8. The molecule has 20 heavy (non-hydrogen) atoms. The minimum absolute atomic E-state index is 0.00173. The van der Waals surface area contributed by atoms with Gasteiger partial charge in [0.05, 0.1) is 16.1 Å². The Morgan fingerprint density at radius 1 is 1.50 bits per heavy atom. The van der Waals surface area contributed by atoms with Crippen molar-refractivity contribution >= 4 is 23.2 Å². The zero-order chi connectivity index (χ0) is 14.8. The van der Waals surface area contributed by atoms with Crippen molar-refractivity contribution in [2.45, 2.75) is 32.6 Å². The van der Waals surface area contributed by atoms with Gasteiger partial charge in [0.1, 0.15) is 0 Å². The van der Waals surface area contributed by atoms with Crippen molar-refractivity contribution in [3.8, 4) is 0 Å². The van der Waals surface area contributed by atoms with E-state index in [-0.39, 0.29) is 23.2 Å². The number of nitrogens with two attached hydrogens (primary N) is 1. The Bertz CT molecular complexity index is 499. The van der Waals surface area contributed by atoms with Gasteiger partial charge in [0.25, 0.3) is 0 Å². The van der Waals surface area contributed by atoms with Crippen molar-refractivity contribution in [3.05, 3.63) is 29.0 Å². The Hall–Kier alpha value is -1.13. The fourth-order valence-corrected chi connectivity index (χ4v) is 2.87. The number of nitrogens with one attached hydrogen (secondary N) is 1. The quantitative estimate of drug-likeness (QED) is 0.896. The smallest absolute Gasteiger partial charge is 0.231 e. The first-order valence-corrected chi connectivity index (χ1v) is 7.32. The molecule has 0 saturated heterocycles. The summed E-state index contributed by atoms with van der Waals surface area (Å²) in [6.07, 6.45) is 3.45. The number of carbonyl (C=O) groups excluding carboxylic acids is 1. The summed E-state index contributed by atoms with van der Waals surface area (Å²) in [6, 6.07) is 4.57. The molecule has 0 spiro atoms. The molecular weight excluding hydrogens is 279 g/mol. The molecule has 2 rings (SSSR count). The third kappa shape index (κ3) is 2.96. The first kappa shape index (κ1) is 15.3. The van der Waals surface area contributed by atoms with Crippen LogP contribution in [0.2, 0.25) is 5.02 Å². The number of amides is 1. The van der Waals surface area contributed by atoms with E-state index < -0.39 is 11.2 Å². The third-order valence-electron chi connectivity index (χ3n) is 4.30. The molecular formula is C15H20ClFN2O. The van der Waals surface area contributed by atoms with Crippen LogP contribution in [0.1, 0.15) is 32.6 Å². The number of halogens is 2. The van der Waals surface area contributed by atoms with E-state index >= 15 is 0 Å². The van der Waals surface area contributed by atoms with Crippen LogP contribution in [-0.4, -0.2) is 12.5 Å². The molecule has 0 radical (unpaired) electrons. The van der Waals surface area contributed by atoms with Crippen LogP contribution in [0.25, 0.3) is 0 Å². The second-order valence-electron chi connectivity index (χ2n) is 5.72. The van der Waals surface area contributed by atoms with E-state index in [4.69, 9.17) is 17.3 Å². The number of benzene rings is 1. The highest BCUT2D eigenvalue weighted by atomic mass is 35.5. The molecule has 1 saturated carbocycles. The van der Waals surface area contributed by atoms with E-state index in [9.17, 15) is 9.18 Å². The van der Waals surface area contributed by atoms with Gasteiger partial charge in [0.2, 0.25) is 5.91 Å². The fourth-order valence-electron chi connectivity index (χ4n) is 2.69. The zero-order valence-corrected chi connectivity index (χ0v) is 12.3. The Morgan fingerprint density at radius 2 is 2.15 bits per heavy atom. The van der Waals surface area contributed by atoms with Crippen molar-refractivity contribution in [2.24, 2.45) is 17.1 Å². The molecule has 1 aliphatic carbocycles. The maximum atomic E-state index is 13.8. The number of carbonyl (C=O) groups is 1. The third-order valence-corrected chi connectivity index (χ3v) is 4.60. The average molecular weight is 299 g/mol. The first-order valence-electron chi connectivity index (χ1n) is 6.94. The lowest BCUT2D eigenvalue weighted by atomic mass is 9.70. The molecule has 0 unspecified atom stereocenters. The lowest BCUT2D eigenvalue weighted by Gasteiger charge is -2.37. The van der Waals surface area contributed by atoms with E-state index in [2.05, 4.69) is 12.2 Å². The van der Waals surface area contributed by atoms with E-state index in [1.54, 1.807) is 6.07 Å². The van der Waals surface area contributed by atoms with Gasteiger partial charge in [-0.05, 0) is 43.7 Å². The van der Waals surface area contributed by atoms with Gasteiger partial charge in [0.15, 0.2) is 5.82 Å². The molecule has 1 fully saturated rings. The van der Waals surface area contributed by atoms with Crippen LogP contribution in [0, 0.1) is 17.2 Å². The maximum absolute atomic E-state index is 13.8. The van der Waals surface area contributed by atoms with Crippen molar-refractivity contribution in [3.63, 3.8) is 0 Å². The first-order chi connectivity index (χ1) is 9.48. The van der Waals surface area contributed by atoms with Gasteiger partial charge in [-0.15, -0.1) is 0 Å². The molecule has 0 heterocycles. The van der Waals surface area contributed by atoms with E-state index in [0.717, 1.165) is 25.7 Å². The fraction of sp³-hybridized carbons (Fsp3) is 0.533. The Kier molecular flexibility index (Phi) is 4.66. The largest absolute Gasteiger partial charge is 0.329 e. The standard InChI is InChI=1S/C15H20ClFN2O/c1-10-5-7-15(9-18,8-6-10)14(20)19-12-4-2-3-11(16)13(12)17/h2-4,10H,5-9,18H2,1H3,(H,19,20). The minimum Gasteiger partial charge on any atom is -0.329 e. The van der Waals surface area contributed by atoms with E-state index in [0.29, 0.717) is 5.92 Å². The molecule has 0 aromatic heterocycles. The summed E-state index contributed by atoms with van der Waals surface area (Å²) in [5, 5.41) is 2.65. The normalized spacial score (nSPS) is 26.3. The van der Waals surface area contributed by atoms with Gasteiger partial charge < -0.3 is 11.1 Å². The van der Waals surface area contributed by atoms with Crippen molar-refractivity contribution in [2.75, 3.05) is 11.9 Å². The predicted octanol–water partition coefficient (Wildman–Crippen LogP) is 3.57. The molecule has 1 aliphatic rings. The molecule has 0 atom stereocenters. The summed E-state index contributed by atoms with van der Waals surface area (Å²) in [4.78, 5) is 12.5. The van der Waals surface area contributed by atoms with Gasteiger partial charge in [0, 0.05) is 6.54 Å². The highest BCUT2D eigenvalue weighted by molar-refractivity contribution is 6.31. The van der Waals surface area contributed by atoms with Crippen molar-refractivity contribution in [1.29, 1.82) is 0 Å². The minimum atomic E-state index is -0.598. The van der Waals surface area contributed by atoms with Crippen LogP contribution in [-0.2, 0) is 4.79 Å². The average Bonchev–Trinajstić information content (AvgIpc) is 2.45. The predicted molar refractivity (Wildman–Crippen MR) is 79.2 cm³/mol. The molecule has 5 heteroatoms. The molecule has 1 aromatic carbocycles. The zero-order valence-electron chi connectivity index (χ0n) is 11.6. The Balaban J connectivity index is 2.16. The second kappa shape index (κ2) is 6.10. The molecule has 0 bridgehead atoms. The van der Waals surface area contributed by atoms with E-state index in [1.807, 2.05) is 0 Å². The molecule has 3 nitrogen and oxygen atoms in total. The van der Waals surface area contributed by atoms with Crippen LogP contribution in [0.4, 0.5) is 10.1 Å². The lowest BCUT2D eigenvalue weighted by molar-refractivity contribution is -0.127. The highest BCUT2D eigenvalue weighted by Gasteiger charge is 2.40. The van der Waals surface area contributed by atoms with Gasteiger partial charge in [-0.25, -0.2) is 4.39 Å². The Morgan fingerprint density at radius 3 is 2.75 bits per heavy atom. The SMILES string of the molecule is CC1CCC(CN)(C(=O)Nc2cccc(Cl)c2F)CC1. The number of anilines is 1. The molecule has 1 amide bonds. The monoisotopic (exact) mass is 298 g/mol. The summed E-state index contributed by atoms with van der Waals surface area (Å²) in [5.74, 6) is -0.183. The summed E-state index contributed by atoms with van der Waals surface area (Å²) in [5.41, 5.74) is 5.36. The van der Waals surface area contributed by atoms with E-state index in [1.165, 1.54) is 12.1 Å². The number of hydrogen-bond acceptors (Lipinski definition) is 2. The van der Waals surface area contributed by atoms with Gasteiger partial charge in [-0.1, -0.05) is 24.6 Å². The molecule has 110 valence electrons. The molecule has 1 aromatic rings. The second-order valence-corrected chi connectivity index (χ2v) is 6.13. The van der Waals surface area contributed by atoms with Crippen LogP contribution < -0.4 is 11.1 Å². The van der Waals surface area contributed by atoms with Crippen LogP contribution in [0.15, 0.2) is 18.2 Å². The number of rotatable bonds is 3. The van der Waals surface area contributed by atoms with Gasteiger partial charge in [-0.3, -0.25) is 4.79 Å². The van der Waals surface area contributed by atoms with Crippen LogP contribution in [0.3, 0.4) is 0 Å². The van der Waals surface area contributed by atoms with Crippen LogP contribution in [0.5, 0.6) is 0 Å². The topological polar surface area (TPSA) is 55.1 Å². The summed E-state index contributed by atoms with van der Waals surface area (Å²) >= 11 is 5.72. The summed E-state index contributed by atoms with van der Waals surface area (Å²) in [7, 11) is 0. The number of hydrogen-bond donors (Lipinski definition) is 2. The van der Waals surface area contributed by atoms with Gasteiger partial charge in [-0.2, -0.15) is 0 Å². The van der Waals surface area contributed by atoms with Crippen molar-refractivity contribution in [1.82, 2.24) is 0 Å². The molecule has 0 aliphatic heterocycles. The Labute approximate surface area is 123 Å². The maximum Gasteiger partial charge on any atom is 0.231 e.